The number of hydrogen-bond acceptors (Lipinski definition) is 4. The lowest BCUT2D eigenvalue weighted by molar-refractivity contribution is -0.141. The highest BCUT2D eigenvalue weighted by Crippen LogP contribution is 2.27. The number of nitrogens with one attached hydrogen (secondary N) is 1. The largest absolute Gasteiger partial charge is 0.493 e. The molecule has 22 heavy (non-hydrogen) atoms. The molecule has 1 aromatic carbocycles. The van der Waals surface area contributed by atoms with Crippen LogP contribution in [0.15, 0.2) is 18.2 Å². The zero-order chi connectivity index (χ0) is 16.1. The van der Waals surface area contributed by atoms with Gasteiger partial charge in [-0.3, -0.25) is 9.59 Å². The van der Waals surface area contributed by atoms with Crippen molar-refractivity contribution in [3.8, 4) is 11.5 Å². The Bertz CT molecular complexity index is 553. The summed E-state index contributed by atoms with van der Waals surface area (Å²) in [5.74, 6) is 1.33. The fourth-order valence-corrected chi connectivity index (χ4v) is 2.41. The smallest absolute Gasteiger partial charge is 0.226 e. The molecule has 0 aromatic heterocycles. The van der Waals surface area contributed by atoms with Crippen LogP contribution in [-0.4, -0.2) is 50.6 Å². The predicted octanol–water partition coefficient (Wildman–Crippen LogP) is 0.841. The number of ether oxygens (including phenoxy) is 2. The van der Waals surface area contributed by atoms with Gasteiger partial charge in [0.25, 0.3) is 0 Å². The Hall–Kier alpha value is -2.24. The van der Waals surface area contributed by atoms with Gasteiger partial charge < -0.3 is 19.7 Å². The van der Waals surface area contributed by atoms with Gasteiger partial charge in [0.2, 0.25) is 11.8 Å². The van der Waals surface area contributed by atoms with Crippen LogP contribution in [0.2, 0.25) is 0 Å². The average Bonchev–Trinajstić information content (AvgIpc) is 2.45. The topological polar surface area (TPSA) is 67.9 Å². The summed E-state index contributed by atoms with van der Waals surface area (Å²) in [4.78, 5) is 24.7. The van der Waals surface area contributed by atoms with Crippen molar-refractivity contribution in [3.05, 3.63) is 23.8 Å². The number of benzene rings is 1. The van der Waals surface area contributed by atoms with Crippen LogP contribution in [0.1, 0.15) is 12.5 Å². The third-order valence-corrected chi connectivity index (χ3v) is 3.86. The number of carbonyl (C=O) groups excluding carboxylic acids is 2. The number of hydrogen-bond donors (Lipinski definition) is 1. The monoisotopic (exact) mass is 306 g/mol. The molecular formula is C16H22N2O4. The predicted molar refractivity (Wildman–Crippen MR) is 82.0 cm³/mol. The van der Waals surface area contributed by atoms with Crippen LogP contribution in [0, 0.1) is 5.92 Å². The van der Waals surface area contributed by atoms with E-state index in [1.165, 1.54) is 6.92 Å². The molecule has 2 amide bonds. The molecule has 1 aliphatic rings. The maximum absolute atomic E-state index is 11.9. The van der Waals surface area contributed by atoms with Crippen molar-refractivity contribution < 1.29 is 19.1 Å². The van der Waals surface area contributed by atoms with E-state index in [0.29, 0.717) is 31.1 Å². The average molecular weight is 306 g/mol. The van der Waals surface area contributed by atoms with Gasteiger partial charge in [-0.15, -0.1) is 0 Å². The van der Waals surface area contributed by atoms with Crippen LogP contribution >= 0.6 is 0 Å². The summed E-state index contributed by atoms with van der Waals surface area (Å²) >= 11 is 0. The summed E-state index contributed by atoms with van der Waals surface area (Å²) in [6.45, 7) is 3.13. The molecule has 1 aliphatic heterocycles. The SMILES string of the molecule is COc1ccc(CCNC(=O)C2CN(C(C)=O)C2)cc1OC. The van der Waals surface area contributed by atoms with Gasteiger partial charge in [-0.25, -0.2) is 0 Å². The number of methoxy groups -OCH3 is 2. The minimum Gasteiger partial charge on any atom is -0.493 e. The van der Waals surface area contributed by atoms with Crippen LogP contribution < -0.4 is 14.8 Å². The van der Waals surface area contributed by atoms with Crippen molar-refractivity contribution in [1.82, 2.24) is 10.2 Å². The van der Waals surface area contributed by atoms with Crippen molar-refractivity contribution in [2.45, 2.75) is 13.3 Å². The van der Waals surface area contributed by atoms with Crippen molar-refractivity contribution in [3.63, 3.8) is 0 Å². The Morgan fingerprint density at radius 3 is 2.50 bits per heavy atom. The quantitative estimate of drug-likeness (QED) is 0.846. The minimum absolute atomic E-state index is 0.0120. The summed E-state index contributed by atoms with van der Waals surface area (Å²) in [5, 5.41) is 2.91. The maximum atomic E-state index is 11.9. The molecule has 1 N–H and O–H groups in total. The molecule has 0 unspecified atom stereocenters. The molecule has 1 fully saturated rings. The lowest BCUT2D eigenvalue weighted by Gasteiger charge is -2.37. The van der Waals surface area contributed by atoms with E-state index in [4.69, 9.17) is 9.47 Å². The summed E-state index contributed by atoms with van der Waals surface area (Å²) in [5.41, 5.74) is 1.07. The Morgan fingerprint density at radius 1 is 1.23 bits per heavy atom. The van der Waals surface area contributed by atoms with Crippen LogP contribution in [0.3, 0.4) is 0 Å². The molecular weight excluding hydrogens is 284 g/mol. The molecule has 120 valence electrons. The van der Waals surface area contributed by atoms with E-state index in [9.17, 15) is 9.59 Å². The zero-order valence-corrected chi connectivity index (χ0v) is 13.2. The fourth-order valence-electron chi connectivity index (χ4n) is 2.41. The summed E-state index contributed by atoms with van der Waals surface area (Å²) in [6, 6.07) is 5.72. The van der Waals surface area contributed by atoms with Crippen molar-refractivity contribution in [2.75, 3.05) is 33.9 Å². The molecule has 2 rings (SSSR count). The molecule has 1 saturated heterocycles. The van der Waals surface area contributed by atoms with Gasteiger partial charge in [-0.05, 0) is 24.1 Å². The molecule has 0 aliphatic carbocycles. The standard InChI is InChI=1S/C16H22N2O4/c1-11(19)18-9-13(10-18)16(20)17-7-6-12-4-5-14(21-2)15(8-12)22-3/h4-5,8,13H,6-7,9-10H2,1-3H3,(H,17,20). The second-order valence-electron chi connectivity index (χ2n) is 5.35. The molecule has 0 bridgehead atoms. The van der Waals surface area contributed by atoms with Gasteiger partial charge in [0.05, 0.1) is 20.1 Å². The highest BCUT2D eigenvalue weighted by Gasteiger charge is 2.33. The van der Waals surface area contributed by atoms with Gasteiger partial charge >= 0.3 is 0 Å². The van der Waals surface area contributed by atoms with Crippen LogP contribution in [0.4, 0.5) is 0 Å². The van der Waals surface area contributed by atoms with E-state index in [1.54, 1.807) is 19.1 Å². The van der Waals surface area contributed by atoms with Crippen LogP contribution in [-0.2, 0) is 16.0 Å². The Balaban J connectivity index is 1.77. The second-order valence-corrected chi connectivity index (χ2v) is 5.35. The van der Waals surface area contributed by atoms with E-state index in [2.05, 4.69) is 5.32 Å². The first kappa shape index (κ1) is 16.1. The normalized spacial score (nSPS) is 14.2. The lowest BCUT2D eigenvalue weighted by Crippen LogP contribution is -2.55. The molecule has 6 heteroatoms. The van der Waals surface area contributed by atoms with Crippen molar-refractivity contribution in [2.24, 2.45) is 5.92 Å². The number of amides is 2. The van der Waals surface area contributed by atoms with Gasteiger partial charge in [0, 0.05) is 26.6 Å². The Morgan fingerprint density at radius 2 is 1.91 bits per heavy atom. The molecule has 0 spiro atoms. The number of rotatable bonds is 6. The van der Waals surface area contributed by atoms with Gasteiger partial charge in [-0.2, -0.15) is 0 Å². The third kappa shape index (κ3) is 3.69. The number of likely N-dealkylation sites (tertiary alicyclic amines) is 1. The number of carbonyl (C=O) groups is 2. The maximum Gasteiger partial charge on any atom is 0.226 e. The van der Waals surface area contributed by atoms with Crippen LogP contribution in [0.25, 0.3) is 0 Å². The summed E-state index contributed by atoms with van der Waals surface area (Å²) < 4.78 is 10.4. The van der Waals surface area contributed by atoms with E-state index >= 15 is 0 Å². The Labute approximate surface area is 130 Å². The molecule has 1 aromatic rings. The van der Waals surface area contributed by atoms with Crippen LogP contribution in [0.5, 0.6) is 11.5 Å². The lowest BCUT2D eigenvalue weighted by atomic mass is 9.99. The van der Waals surface area contributed by atoms with Gasteiger partial charge in [0.15, 0.2) is 11.5 Å². The second kappa shape index (κ2) is 7.15. The Kier molecular flexibility index (Phi) is 5.25. The van der Waals surface area contributed by atoms with Crippen molar-refractivity contribution >= 4 is 11.8 Å². The first-order valence-electron chi connectivity index (χ1n) is 7.29. The molecule has 0 saturated carbocycles. The minimum atomic E-state index is -0.0747. The van der Waals surface area contributed by atoms with E-state index in [-0.39, 0.29) is 17.7 Å². The third-order valence-electron chi connectivity index (χ3n) is 3.86. The van der Waals surface area contributed by atoms with E-state index in [0.717, 1.165) is 12.0 Å². The molecule has 1 heterocycles. The molecule has 0 radical (unpaired) electrons. The van der Waals surface area contributed by atoms with E-state index < -0.39 is 0 Å². The number of nitrogens with zero attached hydrogens (tertiary/aromatic N) is 1. The highest BCUT2D eigenvalue weighted by molar-refractivity contribution is 5.83. The van der Waals surface area contributed by atoms with E-state index in [1.807, 2.05) is 18.2 Å². The highest BCUT2D eigenvalue weighted by atomic mass is 16.5. The summed E-state index contributed by atoms with van der Waals surface area (Å²) in [6.07, 6.45) is 0.717. The molecule has 6 nitrogen and oxygen atoms in total. The van der Waals surface area contributed by atoms with Gasteiger partial charge in [-0.1, -0.05) is 6.07 Å². The fraction of sp³-hybridized carbons (Fsp3) is 0.500. The van der Waals surface area contributed by atoms with Gasteiger partial charge in [0.1, 0.15) is 0 Å². The first-order valence-corrected chi connectivity index (χ1v) is 7.29. The zero-order valence-electron chi connectivity index (χ0n) is 13.2. The molecule has 0 atom stereocenters. The first-order chi connectivity index (χ1) is 10.5. The van der Waals surface area contributed by atoms with Crippen molar-refractivity contribution in [1.29, 1.82) is 0 Å². The summed E-state index contributed by atoms with van der Waals surface area (Å²) in [7, 11) is 3.20.